The van der Waals surface area contributed by atoms with Crippen molar-refractivity contribution >= 4 is 5.71 Å². The summed E-state index contributed by atoms with van der Waals surface area (Å²) in [6.07, 6.45) is 9.85. The van der Waals surface area contributed by atoms with Gasteiger partial charge in [-0.25, -0.2) is 0 Å². The molecular formula is C11H17N. The second-order valence-corrected chi connectivity index (χ2v) is 2.62. The minimum absolute atomic E-state index is 1.02. The van der Waals surface area contributed by atoms with Gasteiger partial charge in [0.15, 0.2) is 0 Å². The Morgan fingerprint density at radius 3 is 2.25 bits per heavy atom. The average molecular weight is 163 g/mol. The molecule has 0 atom stereocenters. The topological polar surface area (TPSA) is 12.4 Å². The van der Waals surface area contributed by atoms with Crippen LogP contribution >= 0.6 is 0 Å². The third kappa shape index (κ3) is 5.66. The molecule has 0 aromatic rings. The number of hydrogen-bond donors (Lipinski definition) is 0. The molecule has 12 heavy (non-hydrogen) atoms. The molecule has 0 rings (SSSR count). The minimum atomic E-state index is 1.02. The molecule has 0 bridgehead atoms. The van der Waals surface area contributed by atoms with Crippen LogP contribution < -0.4 is 0 Å². The Kier molecular flexibility index (Phi) is 5.98. The molecule has 0 fully saturated rings. The average Bonchev–Trinajstić information content (AvgIpc) is 2.10. The summed E-state index contributed by atoms with van der Waals surface area (Å²) in [5, 5.41) is 0. The van der Waals surface area contributed by atoms with Gasteiger partial charge in [-0.2, -0.15) is 0 Å². The molecule has 0 aromatic carbocycles. The van der Waals surface area contributed by atoms with Crippen molar-refractivity contribution in [3.8, 4) is 0 Å². The van der Waals surface area contributed by atoms with Crippen molar-refractivity contribution < 1.29 is 0 Å². The molecule has 66 valence electrons. The van der Waals surface area contributed by atoms with E-state index in [1.165, 1.54) is 5.57 Å². The van der Waals surface area contributed by atoms with Gasteiger partial charge in [0.05, 0.1) is 0 Å². The first kappa shape index (κ1) is 10.9. The van der Waals surface area contributed by atoms with Crippen molar-refractivity contribution in [1.29, 1.82) is 0 Å². The van der Waals surface area contributed by atoms with Crippen LogP contribution in [0.2, 0.25) is 0 Å². The zero-order valence-electron chi connectivity index (χ0n) is 8.33. The Balaban J connectivity index is 4.16. The van der Waals surface area contributed by atoms with E-state index in [9.17, 15) is 0 Å². The van der Waals surface area contributed by atoms with E-state index in [1.54, 1.807) is 6.20 Å². The van der Waals surface area contributed by atoms with Crippen LogP contribution in [0.25, 0.3) is 0 Å². The number of aliphatic imine (C=N–C) groups is 1. The maximum absolute atomic E-state index is 4.17. The maximum atomic E-state index is 4.17. The molecular weight excluding hydrogens is 146 g/mol. The number of allylic oxidation sites excluding steroid dienone is 5. The van der Waals surface area contributed by atoms with Gasteiger partial charge in [-0.1, -0.05) is 23.8 Å². The molecule has 1 heteroatoms. The molecule has 0 aliphatic heterocycles. The van der Waals surface area contributed by atoms with E-state index < -0.39 is 0 Å². The maximum Gasteiger partial charge on any atom is 0.0372 e. The predicted molar refractivity (Wildman–Crippen MR) is 56.5 cm³/mol. The van der Waals surface area contributed by atoms with Crippen LogP contribution in [0.3, 0.4) is 0 Å². The summed E-state index contributed by atoms with van der Waals surface area (Å²) in [7, 11) is 0. The van der Waals surface area contributed by atoms with Crippen molar-refractivity contribution in [3.63, 3.8) is 0 Å². The van der Waals surface area contributed by atoms with Crippen LogP contribution in [0, 0.1) is 0 Å². The Bertz CT molecular complexity index is 229. The van der Waals surface area contributed by atoms with Gasteiger partial charge in [0.25, 0.3) is 0 Å². The largest absolute Gasteiger partial charge is 0.262 e. The Morgan fingerprint density at radius 2 is 1.75 bits per heavy atom. The molecule has 0 aromatic heterocycles. The molecule has 0 unspecified atom stereocenters. The lowest BCUT2D eigenvalue weighted by Crippen LogP contribution is -1.81. The first-order chi connectivity index (χ1) is 5.70. The van der Waals surface area contributed by atoms with E-state index in [0.717, 1.165) is 5.71 Å². The van der Waals surface area contributed by atoms with Gasteiger partial charge < -0.3 is 0 Å². The highest BCUT2D eigenvalue weighted by Crippen LogP contribution is 1.94. The van der Waals surface area contributed by atoms with E-state index in [4.69, 9.17) is 0 Å². The van der Waals surface area contributed by atoms with E-state index >= 15 is 0 Å². The van der Waals surface area contributed by atoms with Crippen molar-refractivity contribution in [3.05, 3.63) is 36.1 Å². The van der Waals surface area contributed by atoms with Crippen LogP contribution in [0.1, 0.15) is 27.7 Å². The summed E-state index contributed by atoms with van der Waals surface area (Å²) in [6, 6.07) is 0. The number of nitrogens with zero attached hydrogens (tertiary/aromatic N) is 1. The van der Waals surface area contributed by atoms with Gasteiger partial charge in [-0.3, -0.25) is 4.99 Å². The molecule has 1 nitrogen and oxygen atoms in total. The van der Waals surface area contributed by atoms with E-state index in [2.05, 4.69) is 24.1 Å². The fourth-order valence-corrected chi connectivity index (χ4v) is 0.583. The minimum Gasteiger partial charge on any atom is -0.262 e. The highest BCUT2D eigenvalue weighted by atomic mass is 14.7. The van der Waals surface area contributed by atoms with Crippen LogP contribution in [0.15, 0.2) is 41.1 Å². The quantitative estimate of drug-likeness (QED) is 0.446. The zero-order valence-corrected chi connectivity index (χ0v) is 8.33. The van der Waals surface area contributed by atoms with Crippen LogP contribution in [0.5, 0.6) is 0 Å². The summed E-state index contributed by atoms with van der Waals surface area (Å²) in [6.45, 7) is 8.04. The van der Waals surface area contributed by atoms with Crippen molar-refractivity contribution in [2.45, 2.75) is 27.7 Å². The van der Waals surface area contributed by atoms with Crippen molar-refractivity contribution in [2.75, 3.05) is 0 Å². The molecule has 0 spiro atoms. The van der Waals surface area contributed by atoms with E-state index in [-0.39, 0.29) is 0 Å². The van der Waals surface area contributed by atoms with Crippen LogP contribution in [0.4, 0.5) is 0 Å². The third-order valence-electron chi connectivity index (χ3n) is 1.47. The van der Waals surface area contributed by atoms with E-state index in [0.29, 0.717) is 0 Å². The van der Waals surface area contributed by atoms with Gasteiger partial charge in [-0.15, -0.1) is 0 Å². The fraction of sp³-hybridized carbons (Fsp3) is 0.364. The Hall–Kier alpha value is -1.11. The lowest BCUT2D eigenvalue weighted by Gasteiger charge is -1.89. The first-order valence-corrected chi connectivity index (χ1v) is 4.17. The molecule has 0 aliphatic rings. The molecule has 0 radical (unpaired) electrons. The zero-order chi connectivity index (χ0) is 9.40. The smallest absolute Gasteiger partial charge is 0.0372 e. The van der Waals surface area contributed by atoms with Crippen molar-refractivity contribution in [2.24, 2.45) is 4.99 Å². The first-order valence-electron chi connectivity index (χ1n) is 4.17. The second-order valence-electron chi connectivity index (χ2n) is 2.62. The Morgan fingerprint density at radius 1 is 1.08 bits per heavy atom. The standard InChI is InChI=1S/C11H17N/c1-5-9-12-11(4)8-7-10(3)6-2/h5-9H,1-4H3/b8-7-,9-5-,10-6-,12-11-. The normalized spacial score (nSPS) is 15.0. The van der Waals surface area contributed by atoms with Gasteiger partial charge in [-0.05, 0) is 33.8 Å². The lowest BCUT2D eigenvalue weighted by atomic mass is 10.2. The highest BCUT2D eigenvalue weighted by Gasteiger charge is 1.80. The number of hydrogen-bond acceptors (Lipinski definition) is 1. The Labute approximate surface area is 75.2 Å². The summed E-state index contributed by atoms with van der Waals surface area (Å²) < 4.78 is 0. The second kappa shape index (κ2) is 6.59. The molecule has 0 aliphatic carbocycles. The molecule has 0 saturated carbocycles. The van der Waals surface area contributed by atoms with Crippen LogP contribution in [-0.2, 0) is 0 Å². The van der Waals surface area contributed by atoms with Crippen molar-refractivity contribution in [1.82, 2.24) is 0 Å². The third-order valence-corrected chi connectivity index (χ3v) is 1.47. The summed E-state index contributed by atoms with van der Waals surface area (Å²) in [5.41, 5.74) is 2.28. The van der Waals surface area contributed by atoms with E-state index in [1.807, 2.05) is 32.9 Å². The van der Waals surface area contributed by atoms with Gasteiger partial charge in [0.2, 0.25) is 0 Å². The van der Waals surface area contributed by atoms with Gasteiger partial charge in [0.1, 0.15) is 0 Å². The number of rotatable bonds is 3. The fourth-order valence-electron chi connectivity index (χ4n) is 0.583. The molecule has 0 heterocycles. The summed E-state index contributed by atoms with van der Waals surface area (Å²) in [5.74, 6) is 0. The SMILES string of the molecule is C\C=C/N=C(C)\C=C/C(C)=C\C. The molecule has 0 amide bonds. The lowest BCUT2D eigenvalue weighted by molar-refractivity contribution is 1.47. The van der Waals surface area contributed by atoms with Gasteiger partial charge >= 0.3 is 0 Å². The highest BCUT2D eigenvalue weighted by molar-refractivity contribution is 5.93. The van der Waals surface area contributed by atoms with Gasteiger partial charge in [0, 0.05) is 11.9 Å². The molecule has 0 saturated heterocycles. The molecule has 0 N–H and O–H groups in total. The monoisotopic (exact) mass is 163 g/mol. The van der Waals surface area contributed by atoms with Crippen LogP contribution in [-0.4, -0.2) is 5.71 Å². The predicted octanol–water partition coefficient (Wildman–Crippen LogP) is 3.50. The summed E-state index contributed by atoms with van der Waals surface area (Å²) in [4.78, 5) is 4.17. The summed E-state index contributed by atoms with van der Waals surface area (Å²) >= 11 is 0.